The van der Waals surface area contributed by atoms with Crippen molar-refractivity contribution >= 4 is 15.9 Å². The number of hydrogen-bond acceptors (Lipinski definition) is 4. The van der Waals surface area contributed by atoms with Crippen molar-refractivity contribution in [1.29, 1.82) is 0 Å². The third-order valence-corrected chi connectivity index (χ3v) is 4.36. The topological polar surface area (TPSA) is 75.7 Å². The van der Waals surface area contributed by atoms with Gasteiger partial charge in [-0.15, -0.1) is 0 Å². The molecule has 0 radical (unpaired) electrons. The van der Waals surface area contributed by atoms with Gasteiger partial charge in [-0.25, -0.2) is 12.7 Å². The van der Waals surface area contributed by atoms with Gasteiger partial charge in [-0.3, -0.25) is 4.79 Å². The Hall–Kier alpha value is -1.60. The molecule has 0 saturated carbocycles. The number of benzene rings is 1. The molecule has 0 atom stereocenters. The van der Waals surface area contributed by atoms with E-state index in [0.29, 0.717) is 6.54 Å². The number of nitrogens with zero attached hydrogens (tertiary/aromatic N) is 1. The van der Waals surface area contributed by atoms with Crippen molar-refractivity contribution in [2.75, 3.05) is 27.7 Å². The Bertz CT molecular complexity index is 567. The van der Waals surface area contributed by atoms with Gasteiger partial charge in [0.1, 0.15) is 10.6 Å². The lowest BCUT2D eigenvalue weighted by Gasteiger charge is -2.15. The average Bonchev–Trinajstić information content (AvgIpc) is 2.38. The van der Waals surface area contributed by atoms with Crippen LogP contribution >= 0.6 is 0 Å². The monoisotopic (exact) mass is 286 g/mol. The van der Waals surface area contributed by atoms with Gasteiger partial charge in [-0.1, -0.05) is 0 Å². The van der Waals surface area contributed by atoms with Gasteiger partial charge >= 0.3 is 0 Å². The van der Waals surface area contributed by atoms with Crippen LogP contribution in [0.15, 0.2) is 23.1 Å². The summed E-state index contributed by atoms with van der Waals surface area (Å²) in [5.41, 5.74) is 0.281. The standard InChI is InChI=1S/C12H18N2O4S/c1-5-13-12(15)9-6-7-10(18-4)11(8-9)19(16,17)14(2)3/h6-8H,5H2,1-4H3,(H,13,15). The number of amides is 1. The Morgan fingerprint density at radius 2 is 2.00 bits per heavy atom. The van der Waals surface area contributed by atoms with E-state index in [1.807, 2.05) is 0 Å². The number of ether oxygens (including phenoxy) is 1. The van der Waals surface area contributed by atoms with Gasteiger partial charge in [0.25, 0.3) is 5.91 Å². The van der Waals surface area contributed by atoms with E-state index < -0.39 is 10.0 Å². The van der Waals surface area contributed by atoms with E-state index in [4.69, 9.17) is 4.74 Å². The smallest absolute Gasteiger partial charge is 0.251 e. The minimum Gasteiger partial charge on any atom is -0.495 e. The summed E-state index contributed by atoms with van der Waals surface area (Å²) in [7, 11) is 0.571. The lowest BCUT2D eigenvalue weighted by Crippen LogP contribution is -2.25. The minimum atomic E-state index is -3.66. The molecule has 19 heavy (non-hydrogen) atoms. The molecule has 0 fully saturated rings. The summed E-state index contributed by atoms with van der Waals surface area (Å²) < 4.78 is 30.4. The predicted octanol–water partition coefficient (Wildman–Crippen LogP) is 0.695. The second kappa shape index (κ2) is 6.03. The van der Waals surface area contributed by atoms with Crippen molar-refractivity contribution in [3.8, 4) is 5.75 Å². The molecule has 6 nitrogen and oxygen atoms in total. The molecule has 0 aliphatic heterocycles. The quantitative estimate of drug-likeness (QED) is 0.864. The number of hydrogen-bond donors (Lipinski definition) is 1. The largest absolute Gasteiger partial charge is 0.495 e. The summed E-state index contributed by atoms with van der Waals surface area (Å²) >= 11 is 0. The van der Waals surface area contributed by atoms with Crippen molar-refractivity contribution < 1.29 is 17.9 Å². The normalized spacial score (nSPS) is 11.4. The first-order chi connectivity index (χ1) is 8.84. The number of carbonyl (C=O) groups excluding carboxylic acids is 1. The predicted molar refractivity (Wildman–Crippen MR) is 71.9 cm³/mol. The van der Waals surface area contributed by atoms with Crippen molar-refractivity contribution in [3.63, 3.8) is 0 Å². The zero-order chi connectivity index (χ0) is 14.6. The zero-order valence-electron chi connectivity index (χ0n) is 11.4. The number of carbonyl (C=O) groups is 1. The van der Waals surface area contributed by atoms with Crippen LogP contribution in [0.3, 0.4) is 0 Å². The van der Waals surface area contributed by atoms with Crippen LogP contribution in [-0.4, -0.2) is 46.4 Å². The van der Waals surface area contributed by atoms with Crippen LogP contribution in [0.25, 0.3) is 0 Å². The molecule has 1 rings (SSSR count). The third kappa shape index (κ3) is 3.24. The fourth-order valence-corrected chi connectivity index (χ4v) is 2.55. The number of methoxy groups -OCH3 is 1. The lowest BCUT2D eigenvalue weighted by molar-refractivity contribution is 0.0955. The Morgan fingerprint density at radius 1 is 1.37 bits per heavy atom. The van der Waals surface area contributed by atoms with E-state index in [1.165, 1.54) is 39.4 Å². The molecule has 0 spiro atoms. The van der Waals surface area contributed by atoms with E-state index >= 15 is 0 Å². The van der Waals surface area contributed by atoms with Gasteiger partial charge in [0.05, 0.1) is 7.11 Å². The van der Waals surface area contributed by atoms with Gasteiger partial charge in [-0.2, -0.15) is 0 Å². The summed E-state index contributed by atoms with van der Waals surface area (Å²) in [5.74, 6) is -0.109. The van der Waals surface area contributed by atoms with Crippen molar-refractivity contribution in [3.05, 3.63) is 23.8 Å². The first kappa shape index (κ1) is 15.5. The van der Waals surface area contributed by atoms with Crippen molar-refractivity contribution in [2.24, 2.45) is 0 Å². The average molecular weight is 286 g/mol. The molecule has 1 amide bonds. The molecule has 0 aromatic heterocycles. The molecule has 0 heterocycles. The maximum Gasteiger partial charge on any atom is 0.251 e. The second-order valence-corrected chi connectivity index (χ2v) is 6.13. The zero-order valence-corrected chi connectivity index (χ0v) is 12.2. The molecule has 106 valence electrons. The molecular formula is C12H18N2O4S. The van der Waals surface area contributed by atoms with Crippen LogP contribution in [0.5, 0.6) is 5.75 Å². The Balaban J connectivity index is 3.37. The lowest BCUT2D eigenvalue weighted by atomic mass is 10.2. The fourth-order valence-electron chi connectivity index (χ4n) is 1.48. The van der Waals surface area contributed by atoms with E-state index in [1.54, 1.807) is 6.92 Å². The highest BCUT2D eigenvalue weighted by Crippen LogP contribution is 2.26. The summed E-state index contributed by atoms with van der Waals surface area (Å²) in [6, 6.07) is 4.32. The molecule has 0 aliphatic carbocycles. The Kier molecular flexibility index (Phi) is 4.90. The highest BCUT2D eigenvalue weighted by molar-refractivity contribution is 7.89. The highest BCUT2D eigenvalue weighted by Gasteiger charge is 2.23. The van der Waals surface area contributed by atoms with Crippen LogP contribution in [0.4, 0.5) is 0 Å². The van der Waals surface area contributed by atoms with Crippen LogP contribution in [0.1, 0.15) is 17.3 Å². The van der Waals surface area contributed by atoms with Crippen molar-refractivity contribution in [2.45, 2.75) is 11.8 Å². The molecule has 0 aliphatic rings. The minimum absolute atomic E-state index is 0.0243. The molecule has 0 bridgehead atoms. The number of sulfonamides is 1. The first-order valence-corrected chi connectivity index (χ1v) is 7.17. The number of rotatable bonds is 5. The van der Waals surface area contributed by atoms with Crippen LogP contribution < -0.4 is 10.1 Å². The van der Waals surface area contributed by atoms with Crippen LogP contribution in [0.2, 0.25) is 0 Å². The second-order valence-electron chi connectivity index (χ2n) is 4.01. The maximum absolute atomic E-state index is 12.2. The summed E-state index contributed by atoms with van der Waals surface area (Å²) in [5, 5.41) is 2.62. The first-order valence-electron chi connectivity index (χ1n) is 5.73. The Morgan fingerprint density at radius 3 is 2.47 bits per heavy atom. The molecule has 0 saturated heterocycles. The third-order valence-electron chi connectivity index (χ3n) is 2.52. The number of nitrogens with one attached hydrogen (secondary N) is 1. The molecule has 7 heteroatoms. The van der Waals surface area contributed by atoms with Crippen molar-refractivity contribution in [1.82, 2.24) is 9.62 Å². The molecule has 1 aromatic rings. The highest BCUT2D eigenvalue weighted by atomic mass is 32.2. The molecular weight excluding hydrogens is 268 g/mol. The van der Waals surface area contributed by atoms with E-state index in [-0.39, 0.29) is 22.1 Å². The SMILES string of the molecule is CCNC(=O)c1ccc(OC)c(S(=O)(=O)N(C)C)c1. The Labute approximate surface area is 113 Å². The summed E-state index contributed by atoms with van der Waals surface area (Å²) in [6.45, 7) is 2.26. The van der Waals surface area contributed by atoms with Gasteiger partial charge < -0.3 is 10.1 Å². The maximum atomic E-state index is 12.2. The summed E-state index contributed by atoms with van der Waals surface area (Å²) in [4.78, 5) is 11.7. The summed E-state index contributed by atoms with van der Waals surface area (Å²) in [6.07, 6.45) is 0. The molecule has 1 aromatic carbocycles. The molecule has 1 N–H and O–H groups in total. The van der Waals surface area contributed by atoms with Crippen LogP contribution in [0, 0.1) is 0 Å². The van der Waals surface area contributed by atoms with E-state index in [0.717, 1.165) is 4.31 Å². The van der Waals surface area contributed by atoms with Gasteiger partial charge in [0.2, 0.25) is 10.0 Å². The fraction of sp³-hybridized carbons (Fsp3) is 0.417. The van der Waals surface area contributed by atoms with E-state index in [9.17, 15) is 13.2 Å². The van der Waals surface area contributed by atoms with Crippen LogP contribution in [-0.2, 0) is 10.0 Å². The molecule has 0 unspecified atom stereocenters. The van der Waals surface area contributed by atoms with Gasteiger partial charge in [0.15, 0.2) is 0 Å². The van der Waals surface area contributed by atoms with Gasteiger partial charge in [-0.05, 0) is 25.1 Å². The van der Waals surface area contributed by atoms with E-state index in [2.05, 4.69) is 5.32 Å². The van der Waals surface area contributed by atoms with Gasteiger partial charge in [0, 0.05) is 26.2 Å².